The molecule has 24 heavy (non-hydrogen) atoms. The van der Waals surface area contributed by atoms with Crippen LogP contribution in [0.1, 0.15) is 32.1 Å². The maximum atomic E-state index is 13.1. The van der Waals surface area contributed by atoms with Crippen LogP contribution in [-0.2, 0) is 4.79 Å². The molecule has 0 radical (unpaired) electrons. The number of carbonyl (C=O) groups excluding carboxylic acids is 1. The molecule has 1 aliphatic carbocycles. The largest absolute Gasteiger partial charge is 0.386 e. The second-order valence-corrected chi connectivity index (χ2v) is 6.79. The number of β-amino-alcohol motifs (C(OH)–C–C–N with tert-alkyl or cyclic N) is 1. The molecule has 1 aliphatic heterocycles. The Bertz CT molecular complexity index is 577. The second kappa shape index (κ2) is 6.58. The first-order chi connectivity index (χ1) is 11.4. The predicted molar refractivity (Wildman–Crippen MR) is 83.7 cm³/mol. The van der Waals surface area contributed by atoms with Crippen molar-refractivity contribution in [1.29, 1.82) is 0 Å². The van der Waals surface area contributed by atoms with E-state index in [1.54, 1.807) is 18.5 Å². The lowest BCUT2D eigenvalue weighted by molar-refractivity contribution is -0.130. The van der Waals surface area contributed by atoms with Crippen LogP contribution in [0.25, 0.3) is 0 Å². The highest BCUT2D eigenvalue weighted by atomic mass is 19.3. The number of rotatable bonds is 4. The minimum atomic E-state index is -2.64. The standard InChI is InChI=1S/C16H22F2N4O2/c17-16(18)4-2-12(3-5-16)13(23)21-10-15(24)6-9-22(11-15)14-19-7-1-8-20-14/h1,7-8,12,24H,2-6,9-11H2,(H,21,23)/t15-/m1/s1. The van der Waals surface area contributed by atoms with Crippen LogP contribution >= 0.6 is 0 Å². The molecule has 132 valence electrons. The van der Waals surface area contributed by atoms with Gasteiger partial charge < -0.3 is 15.3 Å². The molecule has 0 aromatic carbocycles. The summed E-state index contributed by atoms with van der Waals surface area (Å²) in [6, 6.07) is 1.72. The lowest BCUT2D eigenvalue weighted by atomic mass is 9.86. The van der Waals surface area contributed by atoms with E-state index in [0.717, 1.165) is 0 Å². The zero-order valence-corrected chi connectivity index (χ0v) is 13.4. The molecule has 0 bridgehead atoms. The third kappa shape index (κ3) is 3.98. The highest BCUT2D eigenvalue weighted by Crippen LogP contribution is 2.36. The van der Waals surface area contributed by atoms with Gasteiger partial charge in [-0.15, -0.1) is 0 Å². The summed E-state index contributed by atoms with van der Waals surface area (Å²) < 4.78 is 26.3. The van der Waals surface area contributed by atoms with Crippen LogP contribution in [0.5, 0.6) is 0 Å². The first-order valence-corrected chi connectivity index (χ1v) is 8.27. The maximum absolute atomic E-state index is 13.1. The Morgan fingerprint density at radius 2 is 1.96 bits per heavy atom. The molecular formula is C16H22F2N4O2. The fraction of sp³-hybridized carbons (Fsp3) is 0.688. The third-order valence-corrected chi connectivity index (χ3v) is 4.85. The van der Waals surface area contributed by atoms with Crippen molar-refractivity contribution in [3.8, 4) is 0 Å². The first-order valence-electron chi connectivity index (χ1n) is 8.27. The molecule has 1 saturated heterocycles. The van der Waals surface area contributed by atoms with Crippen molar-refractivity contribution in [2.45, 2.75) is 43.6 Å². The molecule has 3 rings (SSSR count). The number of halogens is 2. The number of anilines is 1. The average Bonchev–Trinajstić information content (AvgIpc) is 2.96. The fourth-order valence-corrected chi connectivity index (χ4v) is 3.32. The number of alkyl halides is 2. The van der Waals surface area contributed by atoms with Gasteiger partial charge in [0.2, 0.25) is 17.8 Å². The topological polar surface area (TPSA) is 78.4 Å². The van der Waals surface area contributed by atoms with Gasteiger partial charge in [-0.3, -0.25) is 4.79 Å². The summed E-state index contributed by atoms with van der Waals surface area (Å²) in [7, 11) is 0. The Morgan fingerprint density at radius 1 is 1.29 bits per heavy atom. The molecule has 2 fully saturated rings. The molecule has 1 amide bonds. The van der Waals surface area contributed by atoms with Crippen molar-refractivity contribution < 1.29 is 18.7 Å². The van der Waals surface area contributed by atoms with Crippen LogP contribution in [-0.4, -0.2) is 52.1 Å². The summed E-state index contributed by atoms with van der Waals surface area (Å²) >= 11 is 0. The Hall–Kier alpha value is -1.83. The number of aromatic nitrogens is 2. The van der Waals surface area contributed by atoms with Crippen molar-refractivity contribution in [3.05, 3.63) is 18.5 Å². The lowest BCUT2D eigenvalue weighted by Gasteiger charge is -2.29. The number of aliphatic hydroxyl groups is 1. The summed E-state index contributed by atoms with van der Waals surface area (Å²) in [5, 5.41) is 13.4. The normalized spacial score (nSPS) is 27.2. The molecule has 6 nitrogen and oxygen atoms in total. The fourth-order valence-electron chi connectivity index (χ4n) is 3.32. The smallest absolute Gasteiger partial charge is 0.248 e. The van der Waals surface area contributed by atoms with Crippen molar-refractivity contribution in [2.24, 2.45) is 5.92 Å². The van der Waals surface area contributed by atoms with E-state index >= 15 is 0 Å². The Kier molecular flexibility index (Phi) is 4.67. The SMILES string of the molecule is O=C(NC[C@]1(O)CCN(c2ncccn2)C1)C1CCC(F)(F)CC1. The Morgan fingerprint density at radius 3 is 2.62 bits per heavy atom. The Balaban J connectivity index is 1.49. The van der Waals surface area contributed by atoms with E-state index in [1.165, 1.54) is 0 Å². The van der Waals surface area contributed by atoms with Crippen LogP contribution in [0.15, 0.2) is 18.5 Å². The summed E-state index contributed by atoms with van der Waals surface area (Å²) in [5.74, 6) is -2.72. The first kappa shape index (κ1) is 17.0. The van der Waals surface area contributed by atoms with Crippen LogP contribution < -0.4 is 10.2 Å². The average molecular weight is 340 g/mol. The zero-order valence-electron chi connectivity index (χ0n) is 13.4. The van der Waals surface area contributed by atoms with E-state index in [-0.39, 0.29) is 44.1 Å². The van der Waals surface area contributed by atoms with Crippen molar-refractivity contribution in [1.82, 2.24) is 15.3 Å². The quantitative estimate of drug-likeness (QED) is 0.865. The van der Waals surface area contributed by atoms with Crippen LogP contribution in [0.2, 0.25) is 0 Å². The molecule has 0 spiro atoms. The van der Waals surface area contributed by atoms with E-state index in [4.69, 9.17) is 0 Å². The highest BCUT2D eigenvalue weighted by molar-refractivity contribution is 5.78. The predicted octanol–water partition coefficient (Wildman–Crippen LogP) is 1.36. The van der Waals surface area contributed by atoms with E-state index in [2.05, 4.69) is 15.3 Å². The monoisotopic (exact) mass is 340 g/mol. The van der Waals surface area contributed by atoms with Gasteiger partial charge in [-0.2, -0.15) is 0 Å². The minimum Gasteiger partial charge on any atom is -0.386 e. The summed E-state index contributed by atoms with van der Waals surface area (Å²) in [6.45, 7) is 1.05. The number of hydrogen-bond acceptors (Lipinski definition) is 5. The van der Waals surface area contributed by atoms with Gasteiger partial charge in [-0.1, -0.05) is 0 Å². The van der Waals surface area contributed by atoms with Crippen LogP contribution in [0.3, 0.4) is 0 Å². The van der Waals surface area contributed by atoms with E-state index in [0.29, 0.717) is 25.5 Å². The lowest BCUT2D eigenvalue weighted by Crippen LogP contribution is -2.47. The molecule has 1 aromatic rings. The summed E-state index contributed by atoms with van der Waals surface area (Å²) in [5.41, 5.74) is -1.05. The van der Waals surface area contributed by atoms with Gasteiger partial charge in [0.1, 0.15) is 5.60 Å². The van der Waals surface area contributed by atoms with Gasteiger partial charge >= 0.3 is 0 Å². The highest BCUT2D eigenvalue weighted by Gasteiger charge is 2.40. The van der Waals surface area contributed by atoms with E-state index < -0.39 is 11.5 Å². The Labute approximate surface area is 139 Å². The van der Waals surface area contributed by atoms with E-state index in [9.17, 15) is 18.7 Å². The van der Waals surface area contributed by atoms with Gasteiger partial charge in [0, 0.05) is 44.2 Å². The number of nitrogens with zero attached hydrogens (tertiary/aromatic N) is 3. The molecule has 8 heteroatoms. The van der Waals surface area contributed by atoms with Crippen LogP contribution in [0.4, 0.5) is 14.7 Å². The number of carbonyl (C=O) groups is 1. The van der Waals surface area contributed by atoms with Gasteiger partial charge in [0.25, 0.3) is 0 Å². The van der Waals surface area contributed by atoms with Gasteiger partial charge in [0.15, 0.2) is 0 Å². The molecule has 2 heterocycles. The second-order valence-electron chi connectivity index (χ2n) is 6.79. The van der Waals surface area contributed by atoms with Crippen molar-refractivity contribution in [3.63, 3.8) is 0 Å². The van der Waals surface area contributed by atoms with Gasteiger partial charge in [-0.05, 0) is 25.3 Å². The van der Waals surface area contributed by atoms with Crippen molar-refractivity contribution >= 4 is 11.9 Å². The molecule has 1 aromatic heterocycles. The zero-order chi connectivity index (χ0) is 17.2. The molecule has 1 saturated carbocycles. The maximum Gasteiger partial charge on any atom is 0.248 e. The third-order valence-electron chi connectivity index (χ3n) is 4.85. The van der Waals surface area contributed by atoms with E-state index in [1.807, 2.05) is 4.90 Å². The number of nitrogens with one attached hydrogen (secondary N) is 1. The molecular weight excluding hydrogens is 318 g/mol. The summed E-state index contributed by atoms with van der Waals surface area (Å²) in [6.07, 6.45) is 3.68. The molecule has 2 N–H and O–H groups in total. The van der Waals surface area contributed by atoms with Gasteiger partial charge in [-0.25, -0.2) is 18.7 Å². The van der Waals surface area contributed by atoms with Gasteiger partial charge in [0.05, 0.1) is 6.54 Å². The van der Waals surface area contributed by atoms with Crippen molar-refractivity contribution in [2.75, 3.05) is 24.5 Å². The molecule has 1 atom stereocenters. The molecule has 2 aliphatic rings. The van der Waals surface area contributed by atoms with Crippen LogP contribution in [0, 0.1) is 5.92 Å². The number of hydrogen-bond donors (Lipinski definition) is 2. The molecule has 0 unspecified atom stereocenters. The minimum absolute atomic E-state index is 0.113. The number of amides is 1. The summed E-state index contributed by atoms with van der Waals surface area (Å²) in [4.78, 5) is 22.3.